The van der Waals surface area contributed by atoms with Gasteiger partial charge in [0.1, 0.15) is 23.5 Å². The number of halogens is 1. The summed E-state index contributed by atoms with van der Waals surface area (Å²) in [4.78, 5) is 37.9. The van der Waals surface area contributed by atoms with Crippen molar-refractivity contribution >= 4 is 52.2 Å². The normalized spacial score (nSPS) is 17.5. The molecule has 10 nitrogen and oxygen atoms in total. The molecule has 4 aromatic rings. The number of nitrogens with one attached hydrogen (secondary N) is 3. The fourth-order valence-corrected chi connectivity index (χ4v) is 7.87. The predicted molar refractivity (Wildman–Crippen MR) is 216 cm³/mol. The van der Waals surface area contributed by atoms with E-state index < -0.39 is 6.04 Å². The standard InChI is InChI=1S/C43H46ClN7O3/c1-28(45)51-39-16-15-36(54-2)25-37(39)41(31-11-13-34(44)14-12-31)48-38(42(51)46)26-40(52)47-27-29-7-5-8-32(23-29)30-17-21-50(22-18-30)43(53)33-9-6-10-35(24-33)49-19-3-4-20-49/h5-16,23-25,30,38,45-46H,3-4,17-22,26-27H2,1-2H3,(H,47,52)/t38-/m0/s1. The van der Waals surface area contributed by atoms with Gasteiger partial charge in [0.15, 0.2) is 0 Å². The molecule has 0 aliphatic carbocycles. The smallest absolute Gasteiger partial charge is 0.253 e. The number of carbonyl (C=O) groups is 2. The van der Waals surface area contributed by atoms with Crippen LogP contribution >= 0.6 is 11.6 Å². The third-order valence-corrected chi connectivity index (χ3v) is 10.9. The van der Waals surface area contributed by atoms with E-state index in [0.29, 0.717) is 53.3 Å². The third kappa shape index (κ3) is 8.04. The first-order chi connectivity index (χ1) is 26.2. The number of carbonyl (C=O) groups excluding carboxylic acids is 2. The SMILES string of the molecule is COc1ccc2c(c1)C(c1ccc(Cl)cc1)=N[C@@H](CC(=O)NCc1cccc(C3CCN(C(=O)c4cccc(N5CCCC5)c4)CC3)c1)C(=N)N2C(C)=N. The summed E-state index contributed by atoms with van der Waals surface area (Å²) >= 11 is 6.22. The highest BCUT2D eigenvalue weighted by Crippen LogP contribution is 2.34. The van der Waals surface area contributed by atoms with Gasteiger partial charge in [-0.05, 0) is 98.2 Å². The number of piperidine rings is 1. The van der Waals surface area contributed by atoms with Gasteiger partial charge in [-0.3, -0.25) is 30.3 Å². The van der Waals surface area contributed by atoms with E-state index in [9.17, 15) is 15.0 Å². The number of benzene rings is 4. The highest BCUT2D eigenvalue weighted by molar-refractivity contribution is 6.31. The maximum atomic E-state index is 13.6. The summed E-state index contributed by atoms with van der Waals surface area (Å²) in [6.07, 6.45) is 4.08. The van der Waals surface area contributed by atoms with Crippen molar-refractivity contribution in [1.82, 2.24) is 10.2 Å². The Kier molecular flexibility index (Phi) is 11.1. The summed E-state index contributed by atoms with van der Waals surface area (Å²) in [6.45, 7) is 5.45. The summed E-state index contributed by atoms with van der Waals surface area (Å²) in [7, 11) is 1.59. The number of likely N-dealkylation sites (tertiary alicyclic amines) is 1. The van der Waals surface area contributed by atoms with E-state index in [1.165, 1.54) is 23.3 Å². The van der Waals surface area contributed by atoms with Gasteiger partial charge in [-0.15, -0.1) is 0 Å². The lowest BCUT2D eigenvalue weighted by atomic mass is 9.88. The molecule has 3 heterocycles. The summed E-state index contributed by atoms with van der Waals surface area (Å²) < 4.78 is 5.53. The number of amidine groups is 2. The van der Waals surface area contributed by atoms with E-state index in [0.717, 1.165) is 48.3 Å². The molecule has 2 fully saturated rings. The lowest BCUT2D eigenvalue weighted by Gasteiger charge is -2.32. The maximum Gasteiger partial charge on any atom is 0.253 e. The number of hydrogen-bond acceptors (Lipinski definition) is 7. The van der Waals surface area contributed by atoms with Crippen LogP contribution < -0.4 is 19.9 Å². The van der Waals surface area contributed by atoms with Crippen LogP contribution in [0, 0.1) is 10.8 Å². The molecule has 0 radical (unpaired) electrons. The second-order valence-corrected chi connectivity index (χ2v) is 14.7. The predicted octanol–water partition coefficient (Wildman–Crippen LogP) is 7.68. The maximum absolute atomic E-state index is 13.6. The first-order valence-electron chi connectivity index (χ1n) is 18.6. The first-order valence-corrected chi connectivity index (χ1v) is 19.0. The summed E-state index contributed by atoms with van der Waals surface area (Å²) in [6, 6.07) is 28.3. The van der Waals surface area contributed by atoms with Crippen LogP contribution in [0.5, 0.6) is 5.75 Å². The van der Waals surface area contributed by atoms with Crippen LogP contribution in [0.25, 0.3) is 0 Å². The number of ether oxygens (including phenoxy) is 1. The molecule has 0 aromatic heterocycles. The lowest BCUT2D eigenvalue weighted by Crippen LogP contribution is -2.42. The molecule has 1 atom stereocenters. The van der Waals surface area contributed by atoms with Gasteiger partial charge in [0.05, 0.1) is 24.9 Å². The zero-order valence-electron chi connectivity index (χ0n) is 30.8. The van der Waals surface area contributed by atoms with Gasteiger partial charge in [0.25, 0.3) is 5.91 Å². The minimum Gasteiger partial charge on any atom is -0.497 e. The molecule has 3 N–H and O–H groups in total. The molecular formula is C43H46ClN7O3. The van der Waals surface area contributed by atoms with E-state index in [-0.39, 0.29) is 29.9 Å². The molecule has 278 valence electrons. The highest BCUT2D eigenvalue weighted by Gasteiger charge is 2.32. The van der Waals surface area contributed by atoms with Crippen molar-refractivity contribution in [3.8, 4) is 5.75 Å². The quantitative estimate of drug-likeness (QED) is 0.120. The van der Waals surface area contributed by atoms with Crippen molar-refractivity contribution in [2.45, 2.75) is 57.5 Å². The van der Waals surface area contributed by atoms with Gasteiger partial charge in [-0.1, -0.05) is 54.1 Å². The molecule has 54 heavy (non-hydrogen) atoms. The van der Waals surface area contributed by atoms with E-state index in [2.05, 4.69) is 28.4 Å². The monoisotopic (exact) mass is 743 g/mol. The molecule has 4 aromatic carbocycles. The molecule has 0 spiro atoms. The number of fused-ring (bicyclic) bond motifs is 1. The number of aliphatic imine (C=N–C) groups is 1. The van der Waals surface area contributed by atoms with Gasteiger partial charge in [-0.25, -0.2) is 0 Å². The highest BCUT2D eigenvalue weighted by atomic mass is 35.5. The minimum absolute atomic E-state index is 0.0409. The molecule has 3 aliphatic rings. The second kappa shape index (κ2) is 16.3. The largest absolute Gasteiger partial charge is 0.497 e. The fraction of sp³-hybridized carbons (Fsp3) is 0.326. The van der Waals surface area contributed by atoms with E-state index in [1.807, 2.05) is 59.5 Å². The number of nitrogens with zero attached hydrogens (tertiary/aromatic N) is 4. The number of rotatable bonds is 9. The Labute approximate surface area is 321 Å². The molecule has 0 bridgehead atoms. The minimum atomic E-state index is -0.851. The second-order valence-electron chi connectivity index (χ2n) is 14.2. The molecule has 2 amide bonds. The van der Waals surface area contributed by atoms with Crippen LogP contribution in [0.15, 0.2) is 96.0 Å². The summed E-state index contributed by atoms with van der Waals surface area (Å²) in [5.41, 5.74) is 6.74. The number of anilines is 2. The number of amides is 2. The topological polar surface area (TPSA) is 125 Å². The van der Waals surface area contributed by atoms with Gasteiger partial charge in [0, 0.05) is 60.1 Å². The molecule has 0 unspecified atom stereocenters. The van der Waals surface area contributed by atoms with Crippen LogP contribution in [0.3, 0.4) is 0 Å². The van der Waals surface area contributed by atoms with E-state index >= 15 is 0 Å². The van der Waals surface area contributed by atoms with E-state index in [4.69, 9.17) is 26.7 Å². The Morgan fingerprint density at radius 3 is 2.39 bits per heavy atom. The molecule has 7 rings (SSSR count). The zero-order valence-corrected chi connectivity index (χ0v) is 31.5. The summed E-state index contributed by atoms with van der Waals surface area (Å²) in [5.74, 6) is 0.965. The van der Waals surface area contributed by atoms with Crippen LogP contribution in [-0.4, -0.2) is 73.4 Å². The van der Waals surface area contributed by atoms with Crippen LogP contribution in [-0.2, 0) is 11.3 Å². The Morgan fingerprint density at radius 1 is 0.926 bits per heavy atom. The van der Waals surface area contributed by atoms with Gasteiger partial charge >= 0.3 is 0 Å². The van der Waals surface area contributed by atoms with Crippen molar-refractivity contribution in [1.29, 1.82) is 10.8 Å². The molecule has 3 aliphatic heterocycles. The van der Waals surface area contributed by atoms with Crippen LogP contribution in [0.1, 0.15) is 77.6 Å². The molecular weight excluding hydrogens is 698 g/mol. The Balaban J connectivity index is 1.01. The fourth-order valence-electron chi connectivity index (χ4n) is 7.75. The van der Waals surface area contributed by atoms with Crippen molar-refractivity contribution in [3.63, 3.8) is 0 Å². The van der Waals surface area contributed by atoms with Crippen LogP contribution in [0.2, 0.25) is 5.02 Å². The van der Waals surface area contributed by atoms with Crippen molar-refractivity contribution in [2.75, 3.05) is 43.1 Å². The Morgan fingerprint density at radius 2 is 1.67 bits per heavy atom. The van der Waals surface area contributed by atoms with Gasteiger partial charge in [-0.2, -0.15) is 0 Å². The number of benzodiazepines with no additional fused rings is 1. The van der Waals surface area contributed by atoms with Crippen molar-refractivity contribution in [3.05, 3.63) is 124 Å². The van der Waals surface area contributed by atoms with Gasteiger partial charge in [0.2, 0.25) is 5.91 Å². The Hall–Kier alpha value is -5.48. The van der Waals surface area contributed by atoms with Crippen molar-refractivity contribution < 1.29 is 14.3 Å². The molecule has 2 saturated heterocycles. The number of methoxy groups -OCH3 is 1. The van der Waals surface area contributed by atoms with Gasteiger partial charge < -0.3 is 19.9 Å². The summed E-state index contributed by atoms with van der Waals surface area (Å²) in [5, 5.41) is 21.4. The Bertz CT molecular complexity index is 2080. The first kappa shape index (κ1) is 36.9. The van der Waals surface area contributed by atoms with Crippen molar-refractivity contribution in [2.24, 2.45) is 4.99 Å². The third-order valence-electron chi connectivity index (χ3n) is 10.6. The zero-order chi connectivity index (χ0) is 37.8. The molecule has 0 saturated carbocycles. The van der Waals surface area contributed by atoms with Crippen LogP contribution in [0.4, 0.5) is 11.4 Å². The molecule has 11 heteroatoms. The average Bonchev–Trinajstić information content (AvgIpc) is 3.71. The lowest BCUT2D eigenvalue weighted by molar-refractivity contribution is -0.121. The number of hydrogen-bond donors (Lipinski definition) is 3. The average molecular weight is 744 g/mol. The van der Waals surface area contributed by atoms with E-state index in [1.54, 1.807) is 32.2 Å².